The highest BCUT2D eigenvalue weighted by molar-refractivity contribution is 8.77. The van der Waals surface area contributed by atoms with E-state index in [4.69, 9.17) is 0 Å². The standard InChI is InChI=1S/C8H13NS2/c1-2-7-10-11-8-5-3-4-6-9-8/h3-6,8-9H,2,7H2,1H3. The SMILES string of the molecule is CCCSSC1C=CC=CN1. The lowest BCUT2D eigenvalue weighted by atomic mass is 10.4. The molecule has 0 saturated carbocycles. The molecule has 0 amide bonds. The number of hydrogen-bond acceptors (Lipinski definition) is 3. The Morgan fingerprint density at radius 1 is 1.45 bits per heavy atom. The maximum absolute atomic E-state index is 3.25. The van der Waals surface area contributed by atoms with Crippen molar-refractivity contribution >= 4 is 21.6 Å². The summed E-state index contributed by atoms with van der Waals surface area (Å²) in [5.41, 5.74) is 0. The summed E-state index contributed by atoms with van der Waals surface area (Å²) in [5, 5.41) is 3.72. The van der Waals surface area contributed by atoms with E-state index in [1.54, 1.807) is 0 Å². The van der Waals surface area contributed by atoms with Crippen molar-refractivity contribution in [3.05, 3.63) is 24.4 Å². The molecular weight excluding hydrogens is 174 g/mol. The fourth-order valence-corrected chi connectivity index (χ4v) is 2.98. The van der Waals surface area contributed by atoms with Crippen LogP contribution in [-0.2, 0) is 0 Å². The fraction of sp³-hybridized carbons (Fsp3) is 0.500. The summed E-state index contributed by atoms with van der Waals surface area (Å²) in [7, 11) is 3.82. The minimum atomic E-state index is 0.469. The van der Waals surface area contributed by atoms with Crippen molar-refractivity contribution in [2.24, 2.45) is 0 Å². The Kier molecular flexibility index (Phi) is 4.62. The molecule has 0 aromatic heterocycles. The molecule has 1 nitrogen and oxygen atoms in total. The summed E-state index contributed by atoms with van der Waals surface area (Å²) in [6.45, 7) is 2.21. The monoisotopic (exact) mass is 187 g/mol. The van der Waals surface area contributed by atoms with E-state index in [1.807, 2.05) is 33.9 Å². The van der Waals surface area contributed by atoms with Gasteiger partial charge in [0.15, 0.2) is 0 Å². The first-order valence-electron chi connectivity index (χ1n) is 3.81. The molecule has 0 aliphatic carbocycles. The van der Waals surface area contributed by atoms with Gasteiger partial charge >= 0.3 is 0 Å². The average molecular weight is 187 g/mol. The van der Waals surface area contributed by atoms with Gasteiger partial charge in [-0.2, -0.15) is 0 Å². The summed E-state index contributed by atoms with van der Waals surface area (Å²) in [6, 6.07) is 0. The number of dihydropyridines is 1. The number of allylic oxidation sites excluding steroid dienone is 2. The molecule has 1 heterocycles. The smallest absolute Gasteiger partial charge is 0.101 e. The van der Waals surface area contributed by atoms with E-state index in [0.717, 1.165) is 0 Å². The van der Waals surface area contributed by atoms with Gasteiger partial charge in [0.1, 0.15) is 5.37 Å². The van der Waals surface area contributed by atoms with Crippen molar-refractivity contribution in [3.8, 4) is 0 Å². The Bertz CT molecular complexity index is 154. The van der Waals surface area contributed by atoms with E-state index < -0.39 is 0 Å². The molecule has 1 unspecified atom stereocenters. The summed E-state index contributed by atoms with van der Waals surface area (Å²) in [4.78, 5) is 0. The molecule has 3 heteroatoms. The van der Waals surface area contributed by atoms with Crippen LogP contribution in [0.4, 0.5) is 0 Å². The third kappa shape index (κ3) is 3.77. The van der Waals surface area contributed by atoms with Crippen LogP contribution in [0.1, 0.15) is 13.3 Å². The molecule has 0 aromatic rings. The van der Waals surface area contributed by atoms with Crippen LogP contribution in [-0.4, -0.2) is 11.1 Å². The fourth-order valence-electron chi connectivity index (χ4n) is 0.691. The minimum absolute atomic E-state index is 0.469. The molecule has 0 radical (unpaired) electrons. The molecule has 1 aliphatic rings. The van der Waals surface area contributed by atoms with Gasteiger partial charge in [-0.05, 0) is 18.7 Å². The van der Waals surface area contributed by atoms with Gasteiger partial charge in [-0.3, -0.25) is 0 Å². The normalized spacial score (nSPS) is 21.7. The molecule has 0 fully saturated rings. The van der Waals surface area contributed by atoms with E-state index >= 15 is 0 Å². The van der Waals surface area contributed by atoms with Gasteiger partial charge in [0, 0.05) is 5.75 Å². The molecule has 11 heavy (non-hydrogen) atoms. The van der Waals surface area contributed by atoms with E-state index in [-0.39, 0.29) is 0 Å². The van der Waals surface area contributed by atoms with Crippen LogP contribution in [0.5, 0.6) is 0 Å². The topological polar surface area (TPSA) is 12.0 Å². The van der Waals surface area contributed by atoms with Crippen LogP contribution in [0, 0.1) is 0 Å². The van der Waals surface area contributed by atoms with Crippen LogP contribution in [0.3, 0.4) is 0 Å². The summed E-state index contributed by atoms with van der Waals surface area (Å²) < 4.78 is 0. The molecule has 1 rings (SSSR count). The van der Waals surface area contributed by atoms with Gasteiger partial charge < -0.3 is 5.32 Å². The van der Waals surface area contributed by atoms with Crippen LogP contribution < -0.4 is 5.32 Å². The summed E-state index contributed by atoms with van der Waals surface area (Å²) in [5.74, 6) is 1.24. The largest absolute Gasteiger partial charge is 0.375 e. The Hall–Kier alpha value is -0.0200. The second-order valence-electron chi connectivity index (χ2n) is 2.25. The van der Waals surface area contributed by atoms with Gasteiger partial charge in [-0.1, -0.05) is 40.7 Å². The van der Waals surface area contributed by atoms with Crippen molar-refractivity contribution in [2.75, 3.05) is 5.75 Å². The Morgan fingerprint density at radius 2 is 2.36 bits per heavy atom. The first-order chi connectivity index (χ1) is 5.43. The zero-order valence-electron chi connectivity index (χ0n) is 6.62. The lowest BCUT2D eigenvalue weighted by Crippen LogP contribution is -2.18. The molecule has 62 valence electrons. The average Bonchev–Trinajstić information content (AvgIpc) is 2.07. The zero-order valence-corrected chi connectivity index (χ0v) is 8.25. The first kappa shape index (κ1) is 9.07. The molecule has 1 atom stereocenters. The van der Waals surface area contributed by atoms with Gasteiger partial charge in [-0.15, -0.1) is 0 Å². The Labute approximate surface area is 76.1 Å². The predicted octanol–water partition coefficient (Wildman–Crippen LogP) is 2.78. The lowest BCUT2D eigenvalue weighted by Gasteiger charge is -2.13. The van der Waals surface area contributed by atoms with Crippen molar-refractivity contribution in [1.29, 1.82) is 0 Å². The molecule has 0 spiro atoms. The highest BCUT2D eigenvalue weighted by Gasteiger charge is 2.03. The maximum atomic E-state index is 3.25. The number of hydrogen-bond donors (Lipinski definition) is 1. The number of rotatable bonds is 4. The lowest BCUT2D eigenvalue weighted by molar-refractivity contribution is 0.918. The van der Waals surface area contributed by atoms with Gasteiger partial charge in [0.2, 0.25) is 0 Å². The molecular formula is C8H13NS2. The van der Waals surface area contributed by atoms with Crippen molar-refractivity contribution in [3.63, 3.8) is 0 Å². The van der Waals surface area contributed by atoms with Crippen molar-refractivity contribution < 1.29 is 0 Å². The quantitative estimate of drug-likeness (QED) is 0.537. The molecule has 1 N–H and O–H groups in total. The van der Waals surface area contributed by atoms with Gasteiger partial charge in [-0.25, -0.2) is 0 Å². The Morgan fingerprint density at radius 3 is 3.00 bits per heavy atom. The second-order valence-corrected chi connectivity index (χ2v) is 4.88. The van der Waals surface area contributed by atoms with Crippen LogP contribution in [0.15, 0.2) is 24.4 Å². The van der Waals surface area contributed by atoms with Crippen LogP contribution in [0.2, 0.25) is 0 Å². The van der Waals surface area contributed by atoms with Crippen LogP contribution >= 0.6 is 21.6 Å². The van der Waals surface area contributed by atoms with E-state index in [0.29, 0.717) is 5.37 Å². The predicted molar refractivity (Wildman–Crippen MR) is 55.5 cm³/mol. The minimum Gasteiger partial charge on any atom is -0.375 e. The van der Waals surface area contributed by atoms with Crippen molar-refractivity contribution in [1.82, 2.24) is 5.32 Å². The van der Waals surface area contributed by atoms with Gasteiger partial charge in [0.25, 0.3) is 0 Å². The maximum Gasteiger partial charge on any atom is 0.101 e. The van der Waals surface area contributed by atoms with Crippen molar-refractivity contribution in [2.45, 2.75) is 18.7 Å². The summed E-state index contributed by atoms with van der Waals surface area (Å²) in [6.07, 6.45) is 9.52. The first-order valence-corrected chi connectivity index (χ1v) is 6.19. The zero-order chi connectivity index (χ0) is 7.94. The van der Waals surface area contributed by atoms with E-state index in [1.165, 1.54) is 12.2 Å². The Balaban J connectivity index is 2.07. The highest BCUT2D eigenvalue weighted by Crippen LogP contribution is 2.27. The van der Waals surface area contributed by atoms with Gasteiger partial charge in [0.05, 0.1) is 0 Å². The van der Waals surface area contributed by atoms with E-state index in [9.17, 15) is 0 Å². The van der Waals surface area contributed by atoms with E-state index in [2.05, 4.69) is 24.4 Å². The molecule has 0 aromatic carbocycles. The second kappa shape index (κ2) is 5.61. The third-order valence-electron chi connectivity index (χ3n) is 1.21. The molecule has 0 bridgehead atoms. The van der Waals surface area contributed by atoms with Crippen LogP contribution in [0.25, 0.3) is 0 Å². The molecule has 0 saturated heterocycles. The highest BCUT2D eigenvalue weighted by atomic mass is 33.1. The summed E-state index contributed by atoms with van der Waals surface area (Å²) >= 11 is 0. The molecule has 1 aliphatic heterocycles. The number of nitrogens with one attached hydrogen (secondary N) is 1. The third-order valence-corrected chi connectivity index (χ3v) is 3.95.